The summed E-state index contributed by atoms with van der Waals surface area (Å²) in [5.74, 6) is 0.0165. The molecule has 2 atom stereocenters. The summed E-state index contributed by atoms with van der Waals surface area (Å²) in [5, 5.41) is 6.12. The molecular formula is C14H20N2O2. The summed E-state index contributed by atoms with van der Waals surface area (Å²) in [4.78, 5) is 12.0. The van der Waals surface area contributed by atoms with E-state index >= 15 is 0 Å². The zero-order valence-electron chi connectivity index (χ0n) is 10.9. The molecule has 98 valence electrons. The van der Waals surface area contributed by atoms with Gasteiger partial charge in [0, 0.05) is 19.3 Å². The average molecular weight is 248 g/mol. The number of carbonyl (C=O) groups excluding carboxylic acids is 1. The highest BCUT2D eigenvalue weighted by atomic mass is 16.5. The summed E-state index contributed by atoms with van der Waals surface area (Å²) < 4.78 is 5.24. The number of aryl methyl sites for hydroxylation is 1. The van der Waals surface area contributed by atoms with E-state index in [4.69, 9.17) is 4.74 Å². The molecule has 1 heterocycles. The van der Waals surface area contributed by atoms with Crippen molar-refractivity contribution in [3.8, 4) is 0 Å². The normalized spacial score (nSPS) is 23.0. The second kappa shape index (κ2) is 5.98. The van der Waals surface area contributed by atoms with Gasteiger partial charge in [-0.25, -0.2) is 0 Å². The molecule has 18 heavy (non-hydrogen) atoms. The van der Waals surface area contributed by atoms with Crippen LogP contribution in [-0.4, -0.2) is 31.7 Å². The molecule has 4 heteroatoms. The van der Waals surface area contributed by atoms with Crippen LogP contribution in [0.5, 0.6) is 0 Å². The number of amides is 1. The van der Waals surface area contributed by atoms with Crippen LogP contribution in [0.25, 0.3) is 0 Å². The largest absolute Gasteiger partial charge is 0.380 e. The van der Waals surface area contributed by atoms with Crippen LogP contribution in [0, 0.1) is 0 Å². The van der Waals surface area contributed by atoms with E-state index in [-0.39, 0.29) is 18.1 Å². The van der Waals surface area contributed by atoms with Crippen LogP contribution in [0.2, 0.25) is 0 Å². The third-order valence-electron chi connectivity index (χ3n) is 3.34. The molecule has 1 saturated heterocycles. The minimum absolute atomic E-state index is 0.0165. The van der Waals surface area contributed by atoms with Crippen molar-refractivity contribution in [3.63, 3.8) is 0 Å². The van der Waals surface area contributed by atoms with E-state index in [2.05, 4.69) is 23.6 Å². The topological polar surface area (TPSA) is 50.4 Å². The molecule has 2 N–H and O–H groups in total. The van der Waals surface area contributed by atoms with Gasteiger partial charge in [0.2, 0.25) is 5.91 Å². The number of ether oxygens (including phenoxy) is 1. The molecule has 1 aromatic rings. The van der Waals surface area contributed by atoms with E-state index < -0.39 is 0 Å². The first-order chi connectivity index (χ1) is 8.72. The summed E-state index contributed by atoms with van der Waals surface area (Å²) in [6, 6.07) is 7.81. The fraction of sp³-hybridized carbons (Fsp3) is 0.500. The Hall–Kier alpha value is -1.39. The van der Waals surface area contributed by atoms with Gasteiger partial charge in [0.15, 0.2) is 0 Å². The molecule has 2 unspecified atom stereocenters. The number of carbonyl (C=O) groups is 1. The van der Waals surface area contributed by atoms with Gasteiger partial charge in [-0.3, -0.25) is 4.79 Å². The predicted octanol–water partition coefficient (Wildman–Crippen LogP) is 1.56. The van der Waals surface area contributed by atoms with Gasteiger partial charge in [-0.1, -0.05) is 19.1 Å². The van der Waals surface area contributed by atoms with Crippen LogP contribution >= 0.6 is 0 Å². The van der Waals surface area contributed by atoms with Crippen molar-refractivity contribution in [1.82, 2.24) is 5.32 Å². The molecule has 1 amide bonds. The van der Waals surface area contributed by atoms with Crippen molar-refractivity contribution in [2.45, 2.75) is 31.9 Å². The maximum atomic E-state index is 12.0. The maximum Gasteiger partial charge on any atom is 0.241 e. The van der Waals surface area contributed by atoms with Gasteiger partial charge >= 0.3 is 0 Å². The molecular weight excluding hydrogens is 228 g/mol. The summed E-state index contributed by atoms with van der Waals surface area (Å²) in [6.45, 7) is 2.84. The predicted molar refractivity (Wildman–Crippen MR) is 71.7 cm³/mol. The SMILES string of the molecule is CCc1cccc(NC(=O)C2CC(OC)CN2)c1. The van der Waals surface area contributed by atoms with E-state index in [0.717, 1.165) is 25.1 Å². The Kier molecular flexibility index (Phi) is 4.33. The van der Waals surface area contributed by atoms with Gasteiger partial charge < -0.3 is 15.4 Å². The van der Waals surface area contributed by atoms with Crippen molar-refractivity contribution < 1.29 is 9.53 Å². The molecule has 1 aliphatic rings. The number of nitrogens with one attached hydrogen (secondary N) is 2. The lowest BCUT2D eigenvalue weighted by Gasteiger charge is -2.12. The molecule has 2 rings (SSSR count). The highest BCUT2D eigenvalue weighted by Gasteiger charge is 2.29. The van der Waals surface area contributed by atoms with Crippen LogP contribution in [0.15, 0.2) is 24.3 Å². The fourth-order valence-electron chi connectivity index (χ4n) is 2.18. The monoisotopic (exact) mass is 248 g/mol. The van der Waals surface area contributed by atoms with Crippen molar-refractivity contribution >= 4 is 11.6 Å². The average Bonchev–Trinajstić information content (AvgIpc) is 2.88. The highest BCUT2D eigenvalue weighted by molar-refractivity contribution is 5.95. The van der Waals surface area contributed by atoms with Crippen molar-refractivity contribution in [2.75, 3.05) is 19.0 Å². The number of methoxy groups -OCH3 is 1. The minimum atomic E-state index is -0.153. The first kappa shape index (κ1) is 13.1. The third kappa shape index (κ3) is 3.09. The van der Waals surface area contributed by atoms with E-state index in [1.54, 1.807) is 7.11 Å². The molecule has 0 radical (unpaired) electrons. The van der Waals surface area contributed by atoms with Gasteiger partial charge in [0.25, 0.3) is 0 Å². The quantitative estimate of drug-likeness (QED) is 0.850. The summed E-state index contributed by atoms with van der Waals surface area (Å²) in [5.41, 5.74) is 2.09. The van der Waals surface area contributed by atoms with Crippen LogP contribution in [0.1, 0.15) is 18.9 Å². The van der Waals surface area contributed by atoms with Gasteiger partial charge in [0.1, 0.15) is 0 Å². The molecule has 0 aliphatic carbocycles. The number of hydrogen-bond acceptors (Lipinski definition) is 3. The van der Waals surface area contributed by atoms with Crippen molar-refractivity contribution in [1.29, 1.82) is 0 Å². The van der Waals surface area contributed by atoms with E-state index in [9.17, 15) is 4.79 Å². The molecule has 0 aromatic heterocycles. The molecule has 1 aromatic carbocycles. The zero-order valence-corrected chi connectivity index (χ0v) is 10.9. The third-order valence-corrected chi connectivity index (χ3v) is 3.34. The van der Waals surface area contributed by atoms with Crippen LogP contribution in [0.4, 0.5) is 5.69 Å². The van der Waals surface area contributed by atoms with Crippen molar-refractivity contribution in [2.24, 2.45) is 0 Å². The lowest BCUT2D eigenvalue weighted by molar-refractivity contribution is -0.118. The van der Waals surface area contributed by atoms with Gasteiger partial charge in [-0.15, -0.1) is 0 Å². The van der Waals surface area contributed by atoms with Gasteiger partial charge in [-0.05, 0) is 30.5 Å². The Morgan fingerprint density at radius 2 is 2.39 bits per heavy atom. The second-order valence-corrected chi connectivity index (χ2v) is 4.60. The first-order valence-corrected chi connectivity index (χ1v) is 6.39. The van der Waals surface area contributed by atoms with E-state index in [1.807, 2.05) is 18.2 Å². The van der Waals surface area contributed by atoms with Gasteiger partial charge in [0.05, 0.1) is 12.1 Å². The smallest absolute Gasteiger partial charge is 0.241 e. The molecule has 1 aliphatic heterocycles. The Morgan fingerprint density at radius 3 is 3.06 bits per heavy atom. The first-order valence-electron chi connectivity index (χ1n) is 6.39. The van der Waals surface area contributed by atoms with Crippen LogP contribution in [-0.2, 0) is 16.0 Å². The Labute approximate surface area is 108 Å². The van der Waals surface area contributed by atoms with E-state index in [0.29, 0.717) is 0 Å². The van der Waals surface area contributed by atoms with Crippen molar-refractivity contribution in [3.05, 3.63) is 29.8 Å². The summed E-state index contributed by atoms with van der Waals surface area (Å²) in [7, 11) is 1.68. The van der Waals surface area contributed by atoms with Crippen LogP contribution < -0.4 is 10.6 Å². The zero-order chi connectivity index (χ0) is 13.0. The molecule has 0 bridgehead atoms. The summed E-state index contributed by atoms with van der Waals surface area (Å²) >= 11 is 0. The fourth-order valence-corrected chi connectivity index (χ4v) is 2.18. The number of anilines is 1. The maximum absolute atomic E-state index is 12.0. The van der Waals surface area contributed by atoms with Crippen LogP contribution in [0.3, 0.4) is 0 Å². The molecule has 0 spiro atoms. The van der Waals surface area contributed by atoms with E-state index in [1.165, 1.54) is 5.56 Å². The lowest BCUT2D eigenvalue weighted by Crippen LogP contribution is -2.35. The number of hydrogen-bond donors (Lipinski definition) is 2. The Bertz CT molecular complexity index is 420. The second-order valence-electron chi connectivity index (χ2n) is 4.60. The number of rotatable bonds is 4. The summed E-state index contributed by atoms with van der Waals surface area (Å²) in [6.07, 6.45) is 1.84. The molecule has 1 fully saturated rings. The lowest BCUT2D eigenvalue weighted by atomic mass is 10.1. The Morgan fingerprint density at radius 1 is 1.56 bits per heavy atom. The van der Waals surface area contributed by atoms with Gasteiger partial charge in [-0.2, -0.15) is 0 Å². The minimum Gasteiger partial charge on any atom is -0.380 e. The highest BCUT2D eigenvalue weighted by Crippen LogP contribution is 2.14. The Balaban J connectivity index is 1.94. The standard InChI is InChI=1S/C14H20N2O2/c1-3-10-5-4-6-11(7-10)16-14(17)13-8-12(18-2)9-15-13/h4-7,12-13,15H,3,8-9H2,1-2H3,(H,16,17). The molecule has 4 nitrogen and oxygen atoms in total. The number of benzene rings is 1. The molecule has 0 saturated carbocycles.